The normalized spacial score (nSPS) is 12.1. The minimum atomic E-state index is -2.13. The first kappa shape index (κ1) is 21.5. The number of nitrogens with two attached hydrogens (primary N) is 1. The first-order valence-electron chi connectivity index (χ1n) is 8.90. The number of thiophene rings is 1. The third-order valence-electron chi connectivity index (χ3n) is 4.44. The Labute approximate surface area is 193 Å². The lowest BCUT2D eigenvalue weighted by Crippen LogP contribution is -2.21. The lowest BCUT2D eigenvalue weighted by molar-refractivity contribution is 0.0955. The molecule has 4 aromatic rings. The van der Waals surface area contributed by atoms with Crippen LogP contribution in [0.2, 0.25) is 10.0 Å². The maximum Gasteiger partial charge on any atom is 0.261 e. The molecular weight excluding hydrogens is 477 g/mol. The molecule has 4 N–H and O–H groups in total. The summed E-state index contributed by atoms with van der Waals surface area (Å²) in [6.45, 7) is 0.284. The molecule has 4 rings (SSSR count). The number of carbonyl (C=O) groups is 1. The van der Waals surface area contributed by atoms with Crippen LogP contribution in [-0.2, 0) is 17.1 Å². The van der Waals surface area contributed by atoms with Crippen LogP contribution in [0.15, 0.2) is 53.4 Å². The molecule has 2 aromatic carbocycles. The first-order chi connectivity index (χ1) is 14.8. The molecule has 158 valence electrons. The molecule has 0 aliphatic heterocycles. The molecule has 2 heterocycles. The molecule has 7 nitrogen and oxygen atoms in total. The maximum atomic E-state index is 12.7. The van der Waals surface area contributed by atoms with Crippen LogP contribution < -0.4 is 11.1 Å². The van der Waals surface area contributed by atoms with E-state index < -0.39 is 10.6 Å². The highest BCUT2D eigenvalue weighted by atomic mass is 35.5. The Morgan fingerprint density at radius 1 is 1.13 bits per heavy atom. The number of nitrogens with one attached hydrogen (secondary N) is 2. The van der Waals surface area contributed by atoms with Crippen LogP contribution >= 0.6 is 34.5 Å². The number of thiol groups is 1. The molecule has 1 unspecified atom stereocenters. The van der Waals surface area contributed by atoms with Crippen molar-refractivity contribution in [2.75, 3.05) is 5.73 Å². The van der Waals surface area contributed by atoms with Crippen molar-refractivity contribution in [1.82, 2.24) is 15.3 Å². The summed E-state index contributed by atoms with van der Waals surface area (Å²) in [5.74, 6) is -0.194. The molecule has 2 aromatic heterocycles. The fourth-order valence-electron chi connectivity index (χ4n) is 2.96. The number of carbonyl (C=O) groups excluding carboxylic acids is 1. The highest BCUT2D eigenvalue weighted by Crippen LogP contribution is 2.36. The Morgan fingerprint density at radius 3 is 2.55 bits per heavy atom. The van der Waals surface area contributed by atoms with Crippen LogP contribution in [0.3, 0.4) is 0 Å². The number of benzene rings is 2. The summed E-state index contributed by atoms with van der Waals surface area (Å²) in [5.41, 5.74) is 7.87. The molecule has 0 saturated heterocycles. The van der Waals surface area contributed by atoms with Crippen molar-refractivity contribution in [3.8, 4) is 11.3 Å². The van der Waals surface area contributed by atoms with E-state index in [1.165, 1.54) is 11.3 Å². The highest BCUT2D eigenvalue weighted by Gasteiger charge is 2.18. The standard InChI is InChI=1S/C20H15Cl2N5O2S2/c21-11-3-6-13(15(22)7-11)17-14-8-16(30-19(14)27-20(23)26-17)18(28)25-9-10-1-4-12(5-2-10)31(24)29/h1-8,24,31H,9H2,(H,25,28)(H2,23,26,27). The number of anilines is 1. The molecule has 0 radical (unpaired) electrons. The van der Waals surface area contributed by atoms with Gasteiger partial charge in [0.2, 0.25) is 5.95 Å². The maximum absolute atomic E-state index is 12.7. The van der Waals surface area contributed by atoms with E-state index >= 15 is 0 Å². The molecule has 0 aliphatic rings. The van der Waals surface area contributed by atoms with Gasteiger partial charge < -0.3 is 11.1 Å². The van der Waals surface area contributed by atoms with E-state index in [4.69, 9.17) is 33.7 Å². The third-order valence-corrected chi connectivity index (χ3v) is 6.79. The fraction of sp³-hybridized carbons (Fsp3) is 0.0500. The Hall–Kier alpha value is -2.72. The zero-order valence-electron chi connectivity index (χ0n) is 15.7. The molecule has 0 bridgehead atoms. The quantitative estimate of drug-likeness (QED) is 0.299. The van der Waals surface area contributed by atoms with E-state index in [-0.39, 0.29) is 18.4 Å². The molecule has 1 atom stereocenters. The zero-order valence-corrected chi connectivity index (χ0v) is 18.9. The van der Waals surface area contributed by atoms with Gasteiger partial charge in [0, 0.05) is 27.4 Å². The topological polar surface area (TPSA) is 122 Å². The molecule has 0 spiro atoms. The molecular formula is C20H15Cl2N5O2S2. The number of hydrogen-bond acceptors (Lipinski definition) is 7. The number of fused-ring (bicyclic) bond motifs is 1. The predicted molar refractivity (Wildman–Crippen MR) is 125 cm³/mol. The van der Waals surface area contributed by atoms with Gasteiger partial charge in [0.15, 0.2) is 0 Å². The lowest BCUT2D eigenvalue weighted by atomic mass is 10.1. The van der Waals surface area contributed by atoms with Gasteiger partial charge in [-0.2, -0.15) is 0 Å². The third kappa shape index (κ3) is 4.64. The predicted octanol–water partition coefficient (Wildman–Crippen LogP) is 4.78. The molecule has 1 amide bonds. The number of nitrogens with zero attached hydrogens (tertiary/aromatic N) is 2. The van der Waals surface area contributed by atoms with Crippen LogP contribution in [0.4, 0.5) is 5.95 Å². The van der Waals surface area contributed by atoms with Crippen LogP contribution in [0.5, 0.6) is 0 Å². The summed E-state index contributed by atoms with van der Waals surface area (Å²) in [7, 11) is -2.13. The van der Waals surface area contributed by atoms with Crippen molar-refractivity contribution < 1.29 is 9.00 Å². The Kier molecular flexibility index (Phi) is 6.10. The van der Waals surface area contributed by atoms with Crippen LogP contribution in [0, 0.1) is 4.78 Å². The monoisotopic (exact) mass is 491 g/mol. The van der Waals surface area contributed by atoms with E-state index in [9.17, 15) is 9.00 Å². The van der Waals surface area contributed by atoms with Crippen molar-refractivity contribution >= 4 is 67.2 Å². The second-order valence-corrected chi connectivity index (χ2v) is 9.51. The summed E-state index contributed by atoms with van der Waals surface area (Å²) in [5, 5.41) is 4.43. The molecule has 0 aliphatic carbocycles. The average Bonchev–Trinajstić information content (AvgIpc) is 3.16. The summed E-state index contributed by atoms with van der Waals surface area (Å²) in [4.78, 5) is 22.7. The van der Waals surface area contributed by atoms with Crippen molar-refractivity contribution in [2.45, 2.75) is 11.4 Å². The minimum absolute atomic E-state index is 0.0788. The van der Waals surface area contributed by atoms with Crippen molar-refractivity contribution in [3.63, 3.8) is 0 Å². The van der Waals surface area contributed by atoms with Crippen molar-refractivity contribution in [1.29, 1.82) is 4.78 Å². The van der Waals surface area contributed by atoms with Gasteiger partial charge in [0.05, 0.1) is 26.2 Å². The number of halogens is 2. The summed E-state index contributed by atoms with van der Waals surface area (Å²) < 4.78 is 18.4. The van der Waals surface area contributed by atoms with Crippen LogP contribution in [-0.4, -0.2) is 20.1 Å². The zero-order chi connectivity index (χ0) is 22.1. The smallest absolute Gasteiger partial charge is 0.261 e. The van der Waals surface area contributed by atoms with Crippen molar-refractivity contribution in [2.24, 2.45) is 0 Å². The number of aromatic nitrogens is 2. The molecule has 31 heavy (non-hydrogen) atoms. The summed E-state index contributed by atoms with van der Waals surface area (Å²) in [6, 6.07) is 13.5. The van der Waals surface area contributed by atoms with E-state index in [2.05, 4.69) is 15.3 Å². The van der Waals surface area contributed by atoms with Gasteiger partial charge in [0.1, 0.15) is 4.83 Å². The summed E-state index contributed by atoms with van der Waals surface area (Å²) in [6.07, 6.45) is 0. The Morgan fingerprint density at radius 2 is 1.87 bits per heavy atom. The average molecular weight is 492 g/mol. The Balaban J connectivity index is 1.62. The number of nitrogen functional groups attached to an aromatic ring is 1. The second-order valence-electron chi connectivity index (χ2n) is 6.53. The fourth-order valence-corrected chi connectivity index (χ4v) is 4.83. The van der Waals surface area contributed by atoms with Gasteiger partial charge in [0.25, 0.3) is 5.91 Å². The van der Waals surface area contributed by atoms with E-state index in [1.54, 1.807) is 48.5 Å². The van der Waals surface area contributed by atoms with Gasteiger partial charge in [-0.25, -0.2) is 14.2 Å². The van der Waals surface area contributed by atoms with Gasteiger partial charge in [-0.3, -0.25) is 9.57 Å². The van der Waals surface area contributed by atoms with E-state index in [0.29, 0.717) is 41.3 Å². The largest absolute Gasteiger partial charge is 0.368 e. The number of hydrogen-bond donors (Lipinski definition) is 4. The van der Waals surface area contributed by atoms with Crippen LogP contribution in [0.25, 0.3) is 21.5 Å². The van der Waals surface area contributed by atoms with Gasteiger partial charge in [-0.1, -0.05) is 35.3 Å². The molecule has 0 saturated carbocycles. The SMILES string of the molecule is N=[SH](=O)c1ccc(CNC(=O)c2cc3c(-c4ccc(Cl)cc4Cl)nc(N)nc3s2)cc1. The second kappa shape index (κ2) is 8.80. The number of rotatable bonds is 5. The van der Waals surface area contributed by atoms with Gasteiger partial charge in [-0.05, 0) is 42.0 Å². The van der Waals surface area contributed by atoms with Gasteiger partial charge >= 0.3 is 0 Å². The lowest BCUT2D eigenvalue weighted by Gasteiger charge is -2.06. The Bertz CT molecular complexity index is 1380. The summed E-state index contributed by atoms with van der Waals surface area (Å²) >= 11 is 13.5. The number of amides is 1. The first-order valence-corrected chi connectivity index (χ1v) is 11.7. The highest BCUT2D eigenvalue weighted by molar-refractivity contribution is 7.73. The van der Waals surface area contributed by atoms with Gasteiger partial charge in [-0.15, -0.1) is 11.3 Å². The molecule has 0 fully saturated rings. The van der Waals surface area contributed by atoms with E-state index in [1.807, 2.05) is 0 Å². The van der Waals surface area contributed by atoms with E-state index in [0.717, 1.165) is 5.56 Å². The minimum Gasteiger partial charge on any atom is -0.368 e. The molecule has 11 heteroatoms. The van der Waals surface area contributed by atoms with Crippen molar-refractivity contribution in [3.05, 3.63) is 69.0 Å². The van der Waals surface area contributed by atoms with Crippen LogP contribution in [0.1, 0.15) is 15.2 Å².